The van der Waals surface area contributed by atoms with E-state index in [0.717, 1.165) is 12.1 Å². The van der Waals surface area contributed by atoms with Gasteiger partial charge in [-0.3, -0.25) is 4.79 Å². The molecule has 0 aliphatic carbocycles. The predicted octanol–water partition coefficient (Wildman–Crippen LogP) is 0.939. The lowest BCUT2D eigenvalue weighted by Crippen LogP contribution is -2.50. The van der Waals surface area contributed by atoms with Gasteiger partial charge in [0, 0.05) is 18.8 Å². The molecule has 1 aliphatic rings. The molecule has 17 heavy (non-hydrogen) atoms. The Morgan fingerprint density at radius 3 is 2.71 bits per heavy atom. The molecule has 92 valence electrons. The van der Waals surface area contributed by atoms with Crippen LogP contribution in [0.15, 0.2) is 24.3 Å². The van der Waals surface area contributed by atoms with Gasteiger partial charge in [0.1, 0.15) is 6.10 Å². The predicted molar refractivity (Wildman–Crippen MR) is 67.0 cm³/mol. The molecule has 1 unspecified atom stereocenters. The summed E-state index contributed by atoms with van der Waals surface area (Å²) in [7, 11) is 0. The number of nitrogens with zero attached hydrogens (tertiary/aromatic N) is 1. The van der Waals surface area contributed by atoms with Gasteiger partial charge in [0.05, 0.1) is 6.61 Å². The van der Waals surface area contributed by atoms with Crippen LogP contribution in [0.3, 0.4) is 0 Å². The lowest BCUT2D eigenvalue weighted by Gasteiger charge is -2.32. The number of carbonyl (C=O) groups is 1. The van der Waals surface area contributed by atoms with Crippen molar-refractivity contribution in [3.05, 3.63) is 29.8 Å². The van der Waals surface area contributed by atoms with Crippen molar-refractivity contribution in [2.24, 2.45) is 5.73 Å². The number of anilines is 1. The van der Waals surface area contributed by atoms with E-state index in [-0.39, 0.29) is 12.5 Å². The van der Waals surface area contributed by atoms with Gasteiger partial charge in [-0.2, -0.15) is 0 Å². The number of nitrogens with two attached hydrogens (primary N) is 1. The summed E-state index contributed by atoms with van der Waals surface area (Å²) in [5.41, 5.74) is 7.70. The summed E-state index contributed by atoms with van der Waals surface area (Å²) in [6.45, 7) is 3.49. The van der Waals surface area contributed by atoms with Crippen molar-refractivity contribution < 1.29 is 9.53 Å². The van der Waals surface area contributed by atoms with Crippen molar-refractivity contribution >= 4 is 11.6 Å². The monoisotopic (exact) mass is 234 g/mol. The standard InChI is InChI=1S/C13H18N2O2/c1-2-10-3-5-11(6-4-10)15-7-8-17-12(9-14)13(15)16/h3-6,12H,2,7-9,14H2,1H3. The van der Waals surface area contributed by atoms with Gasteiger partial charge in [-0.1, -0.05) is 19.1 Å². The maximum Gasteiger partial charge on any atom is 0.257 e. The third-order valence-corrected chi connectivity index (χ3v) is 3.05. The molecule has 2 N–H and O–H groups in total. The fourth-order valence-corrected chi connectivity index (χ4v) is 1.98. The summed E-state index contributed by atoms with van der Waals surface area (Å²) in [6, 6.07) is 8.07. The normalized spacial score (nSPS) is 20.7. The Kier molecular flexibility index (Phi) is 3.76. The van der Waals surface area contributed by atoms with E-state index in [4.69, 9.17) is 10.5 Å². The molecule has 1 atom stereocenters. The lowest BCUT2D eigenvalue weighted by molar-refractivity contribution is -0.133. The summed E-state index contributed by atoms with van der Waals surface area (Å²) in [5, 5.41) is 0. The highest BCUT2D eigenvalue weighted by Crippen LogP contribution is 2.19. The van der Waals surface area contributed by atoms with E-state index in [9.17, 15) is 4.79 Å². The molecule has 4 nitrogen and oxygen atoms in total. The second kappa shape index (κ2) is 5.29. The van der Waals surface area contributed by atoms with Crippen molar-refractivity contribution in [3.63, 3.8) is 0 Å². The highest BCUT2D eigenvalue weighted by Gasteiger charge is 2.29. The van der Waals surface area contributed by atoms with Crippen LogP contribution in [0.25, 0.3) is 0 Å². The number of hydrogen-bond acceptors (Lipinski definition) is 3. The minimum Gasteiger partial charge on any atom is -0.365 e. The van der Waals surface area contributed by atoms with E-state index in [0.29, 0.717) is 13.2 Å². The van der Waals surface area contributed by atoms with Crippen LogP contribution >= 0.6 is 0 Å². The Morgan fingerprint density at radius 1 is 1.41 bits per heavy atom. The zero-order valence-corrected chi connectivity index (χ0v) is 10.1. The van der Waals surface area contributed by atoms with Crippen LogP contribution in [0, 0.1) is 0 Å². The van der Waals surface area contributed by atoms with Crippen molar-refractivity contribution in [2.75, 3.05) is 24.6 Å². The maximum atomic E-state index is 12.0. The zero-order chi connectivity index (χ0) is 12.3. The Balaban J connectivity index is 2.17. The Hall–Kier alpha value is -1.39. The molecule has 0 radical (unpaired) electrons. The van der Waals surface area contributed by atoms with Crippen LogP contribution in [0.2, 0.25) is 0 Å². The van der Waals surface area contributed by atoms with E-state index in [1.54, 1.807) is 4.90 Å². The Bertz CT molecular complexity index is 389. The summed E-state index contributed by atoms with van der Waals surface area (Å²) in [6.07, 6.45) is 0.512. The molecule has 1 amide bonds. The maximum absolute atomic E-state index is 12.0. The van der Waals surface area contributed by atoms with Crippen molar-refractivity contribution in [1.29, 1.82) is 0 Å². The third-order valence-electron chi connectivity index (χ3n) is 3.05. The first-order valence-electron chi connectivity index (χ1n) is 5.98. The first-order chi connectivity index (χ1) is 8.26. The number of amides is 1. The molecule has 0 saturated carbocycles. The molecule has 1 aromatic rings. The molecule has 0 bridgehead atoms. The van der Waals surface area contributed by atoms with Crippen LogP contribution in [-0.2, 0) is 16.0 Å². The summed E-state index contributed by atoms with van der Waals surface area (Å²) in [5.74, 6) is -0.0389. The molecule has 1 aliphatic heterocycles. The van der Waals surface area contributed by atoms with Crippen LogP contribution in [0.1, 0.15) is 12.5 Å². The molecule has 1 aromatic carbocycles. The summed E-state index contributed by atoms with van der Waals surface area (Å²) < 4.78 is 5.32. The average Bonchev–Trinajstić information content (AvgIpc) is 2.39. The fraction of sp³-hybridized carbons (Fsp3) is 0.462. The second-order valence-corrected chi connectivity index (χ2v) is 4.11. The van der Waals surface area contributed by atoms with Gasteiger partial charge >= 0.3 is 0 Å². The minimum atomic E-state index is -0.491. The third kappa shape index (κ3) is 2.48. The Labute approximate surface area is 101 Å². The number of rotatable bonds is 3. The van der Waals surface area contributed by atoms with Crippen LogP contribution in [0.4, 0.5) is 5.69 Å². The van der Waals surface area contributed by atoms with Gasteiger partial charge in [0.25, 0.3) is 5.91 Å². The largest absolute Gasteiger partial charge is 0.365 e. The number of carbonyl (C=O) groups excluding carboxylic acids is 1. The Morgan fingerprint density at radius 2 is 2.12 bits per heavy atom. The van der Waals surface area contributed by atoms with Crippen molar-refractivity contribution in [1.82, 2.24) is 0 Å². The zero-order valence-electron chi connectivity index (χ0n) is 10.1. The quantitative estimate of drug-likeness (QED) is 0.846. The molecule has 1 fully saturated rings. The van der Waals surface area contributed by atoms with Gasteiger partial charge in [-0.25, -0.2) is 0 Å². The van der Waals surface area contributed by atoms with Gasteiger partial charge < -0.3 is 15.4 Å². The lowest BCUT2D eigenvalue weighted by atomic mass is 10.1. The number of aryl methyl sites for hydroxylation is 1. The van der Waals surface area contributed by atoms with Crippen LogP contribution < -0.4 is 10.6 Å². The van der Waals surface area contributed by atoms with Gasteiger partial charge in [0.2, 0.25) is 0 Å². The van der Waals surface area contributed by atoms with E-state index in [2.05, 4.69) is 19.1 Å². The smallest absolute Gasteiger partial charge is 0.257 e. The highest BCUT2D eigenvalue weighted by atomic mass is 16.5. The van der Waals surface area contributed by atoms with Gasteiger partial charge in [-0.05, 0) is 24.1 Å². The number of morpholine rings is 1. The van der Waals surface area contributed by atoms with Gasteiger partial charge in [0.15, 0.2) is 0 Å². The summed E-state index contributed by atoms with van der Waals surface area (Å²) >= 11 is 0. The van der Waals surface area contributed by atoms with E-state index >= 15 is 0 Å². The molecule has 1 heterocycles. The topological polar surface area (TPSA) is 55.6 Å². The molecule has 1 saturated heterocycles. The van der Waals surface area contributed by atoms with Crippen LogP contribution in [0.5, 0.6) is 0 Å². The van der Waals surface area contributed by atoms with Crippen LogP contribution in [-0.4, -0.2) is 31.7 Å². The minimum absolute atomic E-state index is 0.0389. The number of ether oxygens (including phenoxy) is 1. The van der Waals surface area contributed by atoms with E-state index in [1.165, 1.54) is 5.56 Å². The van der Waals surface area contributed by atoms with E-state index in [1.807, 2.05) is 12.1 Å². The van der Waals surface area contributed by atoms with Crippen molar-refractivity contribution in [3.8, 4) is 0 Å². The highest BCUT2D eigenvalue weighted by molar-refractivity contribution is 5.97. The number of hydrogen-bond donors (Lipinski definition) is 1. The first kappa shape index (κ1) is 12.1. The molecule has 0 spiro atoms. The average molecular weight is 234 g/mol. The molecule has 2 rings (SSSR count). The summed E-state index contributed by atoms with van der Waals surface area (Å²) in [4.78, 5) is 13.8. The van der Waals surface area contributed by atoms with Crippen molar-refractivity contribution in [2.45, 2.75) is 19.4 Å². The number of benzene rings is 1. The molecular formula is C13H18N2O2. The SMILES string of the molecule is CCc1ccc(N2CCOC(CN)C2=O)cc1. The molecule has 0 aromatic heterocycles. The fourth-order valence-electron chi connectivity index (χ4n) is 1.98. The first-order valence-corrected chi connectivity index (χ1v) is 5.98. The second-order valence-electron chi connectivity index (χ2n) is 4.11. The van der Waals surface area contributed by atoms with E-state index < -0.39 is 6.10 Å². The van der Waals surface area contributed by atoms with Gasteiger partial charge in [-0.15, -0.1) is 0 Å². The molecule has 4 heteroatoms. The molecular weight excluding hydrogens is 216 g/mol.